The Morgan fingerprint density at radius 2 is 1.56 bits per heavy atom. The van der Waals surface area contributed by atoms with Crippen LogP contribution in [0, 0.1) is 6.92 Å². The maximum atomic E-state index is 13.1. The van der Waals surface area contributed by atoms with E-state index in [1.807, 2.05) is 6.92 Å². The zero-order valence-corrected chi connectivity index (χ0v) is 19.7. The van der Waals surface area contributed by atoms with Crippen LogP contribution in [0.5, 0.6) is 0 Å². The van der Waals surface area contributed by atoms with Crippen LogP contribution < -0.4 is 0 Å². The van der Waals surface area contributed by atoms with Gasteiger partial charge in [-0.25, -0.2) is 13.1 Å². The summed E-state index contributed by atoms with van der Waals surface area (Å²) in [4.78, 5) is 34.7. The number of esters is 3. The van der Waals surface area contributed by atoms with Gasteiger partial charge in [0.25, 0.3) is 5.16 Å². The molecule has 1 aliphatic rings. The van der Waals surface area contributed by atoms with Crippen molar-refractivity contribution in [1.29, 1.82) is 0 Å². The Labute approximate surface area is 195 Å². The van der Waals surface area contributed by atoms with Crippen molar-refractivity contribution in [2.75, 3.05) is 6.61 Å². The van der Waals surface area contributed by atoms with Gasteiger partial charge in [-0.2, -0.15) is 0 Å². The predicted molar refractivity (Wildman–Crippen MR) is 111 cm³/mol. The highest BCUT2D eigenvalue weighted by Crippen LogP contribution is 2.29. The quantitative estimate of drug-likeness (QED) is 0.355. The number of sulfone groups is 1. The van der Waals surface area contributed by atoms with E-state index < -0.39 is 57.3 Å². The average Bonchev–Trinajstić information content (AvgIpc) is 3.33. The molecule has 0 saturated carbocycles. The molecule has 1 aromatic heterocycles. The van der Waals surface area contributed by atoms with Crippen molar-refractivity contribution < 1.29 is 41.7 Å². The molecular formula is C20H24N4O9S. The molecule has 2 aromatic rings. The van der Waals surface area contributed by atoms with E-state index >= 15 is 0 Å². The Bertz CT molecular complexity index is 1160. The van der Waals surface area contributed by atoms with Crippen LogP contribution in [0.15, 0.2) is 34.3 Å². The third-order valence-electron chi connectivity index (χ3n) is 4.88. The monoisotopic (exact) mass is 496 g/mol. The standard InChI is InChI=1S/C20H24N4O9S/c1-11-5-7-15(8-6-11)34(28,29)20-21-22-23-24(20)9-16-18(31-13(3)26)19(32-14(4)27)17(33-16)10-30-12(2)25/h5-8,16-19H,9-10H2,1-4H3/t16-,17+,18-,19+/m0/s1. The summed E-state index contributed by atoms with van der Waals surface area (Å²) in [5.74, 6) is -1.96. The number of carbonyl (C=O) groups is 3. The van der Waals surface area contributed by atoms with Gasteiger partial charge in [-0.15, -0.1) is 0 Å². The first-order valence-corrected chi connectivity index (χ1v) is 11.7. The van der Waals surface area contributed by atoms with Gasteiger partial charge in [0.2, 0.25) is 9.84 Å². The molecule has 3 rings (SSSR count). The maximum Gasteiger partial charge on any atom is 0.303 e. The number of carbonyl (C=O) groups excluding carboxylic acids is 3. The van der Waals surface area contributed by atoms with E-state index in [2.05, 4.69) is 15.5 Å². The van der Waals surface area contributed by atoms with Gasteiger partial charge in [-0.1, -0.05) is 22.8 Å². The number of tetrazole rings is 1. The van der Waals surface area contributed by atoms with E-state index in [9.17, 15) is 22.8 Å². The van der Waals surface area contributed by atoms with Crippen molar-refractivity contribution in [3.8, 4) is 0 Å². The lowest BCUT2D eigenvalue weighted by atomic mass is 10.1. The lowest BCUT2D eigenvalue weighted by Gasteiger charge is -2.23. The Hall–Kier alpha value is -3.39. The van der Waals surface area contributed by atoms with Gasteiger partial charge in [0.1, 0.15) is 18.8 Å². The Balaban J connectivity index is 1.92. The van der Waals surface area contributed by atoms with Crippen LogP contribution in [0.1, 0.15) is 26.3 Å². The summed E-state index contributed by atoms with van der Waals surface area (Å²) < 4.78 is 48.6. The first-order valence-electron chi connectivity index (χ1n) is 10.2. The fraction of sp³-hybridized carbons (Fsp3) is 0.500. The number of ether oxygens (including phenoxy) is 4. The lowest BCUT2D eigenvalue weighted by Crippen LogP contribution is -2.42. The van der Waals surface area contributed by atoms with E-state index in [0.29, 0.717) is 0 Å². The molecule has 2 heterocycles. The highest BCUT2D eigenvalue weighted by Gasteiger charge is 2.50. The molecule has 0 unspecified atom stereocenters. The van der Waals surface area contributed by atoms with Crippen molar-refractivity contribution >= 4 is 27.7 Å². The zero-order chi connectivity index (χ0) is 25.0. The number of aryl methyl sites for hydroxylation is 1. The number of hydrogen-bond acceptors (Lipinski definition) is 12. The smallest absolute Gasteiger partial charge is 0.303 e. The number of rotatable bonds is 8. The number of aromatic nitrogens is 4. The molecule has 34 heavy (non-hydrogen) atoms. The molecule has 0 amide bonds. The van der Waals surface area contributed by atoms with Crippen LogP contribution in [0.25, 0.3) is 0 Å². The van der Waals surface area contributed by atoms with Gasteiger partial charge in [0, 0.05) is 20.8 Å². The molecule has 13 nitrogen and oxygen atoms in total. The molecule has 14 heteroatoms. The minimum absolute atomic E-state index is 0.0106. The molecule has 1 saturated heterocycles. The van der Waals surface area contributed by atoms with Crippen LogP contribution in [-0.2, 0) is 49.7 Å². The summed E-state index contributed by atoms with van der Waals surface area (Å²) in [5.41, 5.74) is 0.873. The fourth-order valence-corrected chi connectivity index (χ4v) is 4.69. The van der Waals surface area contributed by atoms with Crippen LogP contribution in [0.3, 0.4) is 0 Å². The van der Waals surface area contributed by atoms with Crippen LogP contribution >= 0.6 is 0 Å². The van der Waals surface area contributed by atoms with Crippen molar-refractivity contribution in [2.24, 2.45) is 0 Å². The molecule has 0 bridgehead atoms. The highest BCUT2D eigenvalue weighted by atomic mass is 32.2. The van der Waals surface area contributed by atoms with Crippen LogP contribution in [-0.4, -0.2) is 77.6 Å². The molecule has 0 spiro atoms. The Kier molecular flexibility index (Phi) is 7.61. The lowest BCUT2D eigenvalue weighted by molar-refractivity contribution is -0.165. The number of nitrogens with zero attached hydrogens (tertiary/aromatic N) is 4. The van der Waals surface area contributed by atoms with Gasteiger partial charge < -0.3 is 18.9 Å². The molecule has 1 fully saturated rings. The van der Waals surface area contributed by atoms with Crippen LogP contribution in [0.4, 0.5) is 0 Å². The van der Waals surface area contributed by atoms with Gasteiger partial charge in [-0.05, 0) is 29.5 Å². The molecule has 0 radical (unpaired) electrons. The van der Waals surface area contributed by atoms with Crippen molar-refractivity contribution in [2.45, 2.75) is 68.7 Å². The SMILES string of the molecule is CC(=O)OC[C@H]1O[C@@H](Cn2nnnc2S(=O)(=O)c2ccc(C)cc2)[C@H](OC(C)=O)[C@@H]1OC(C)=O. The van der Waals surface area contributed by atoms with E-state index in [-0.39, 0.29) is 18.0 Å². The number of benzene rings is 1. The molecule has 4 atom stereocenters. The van der Waals surface area contributed by atoms with Gasteiger partial charge in [0.15, 0.2) is 12.2 Å². The molecule has 184 valence electrons. The second kappa shape index (κ2) is 10.3. The normalized spacial score (nSPS) is 22.2. The zero-order valence-electron chi connectivity index (χ0n) is 18.9. The van der Waals surface area contributed by atoms with Crippen molar-refractivity contribution in [3.63, 3.8) is 0 Å². The van der Waals surface area contributed by atoms with E-state index in [1.54, 1.807) is 12.1 Å². The van der Waals surface area contributed by atoms with E-state index in [0.717, 1.165) is 24.1 Å². The third-order valence-corrected chi connectivity index (χ3v) is 6.55. The summed E-state index contributed by atoms with van der Waals surface area (Å²) in [5, 5.41) is 10.4. The second-order valence-electron chi connectivity index (χ2n) is 7.62. The summed E-state index contributed by atoms with van der Waals surface area (Å²) in [6.45, 7) is 4.78. The molecule has 1 aliphatic heterocycles. The average molecular weight is 496 g/mol. The highest BCUT2D eigenvalue weighted by molar-refractivity contribution is 7.91. The molecule has 0 aliphatic carbocycles. The topological polar surface area (TPSA) is 166 Å². The van der Waals surface area contributed by atoms with Gasteiger partial charge in [0.05, 0.1) is 11.4 Å². The van der Waals surface area contributed by atoms with Gasteiger partial charge >= 0.3 is 17.9 Å². The minimum Gasteiger partial charge on any atom is -0.463 e. The maximum absolute atomic E-state index is 13.1. The predicted octanol–water partition coefficient (Wildman–Crippen LogP) is 0.00822. The van der Waals surface area contributed by atoms with E-state index in [4.69, 9.17) is 18.9 Å². The Morgan fingerprint density at radius 1 is 0.971 bits per heavy atom. The van der Waals surface area contributed by atoms with E-state index in [1.165, 1.54) is 19.1 Å². The summed E-state index contributed by atoms with van der Waals surface area (Å²) in [7, 11) is -4.08. The first-order chi connectivity index (χ1) is 16.0. The second-order valence-corrected chi connectivity index (χ2v) is 9.47. The van der Waals surface area contributed by atoms with Gasteiger partial charge in [-0.3, -0.25) is 14.4 Å². The third kappa shape index (κ3) is 5.75. The summed E-state index contributed by atoms with van der Waals surface area (Å²) in [6, 6.07) is 6.15. The van der Waals surface area contributed by atoms with Crippen LogP contribution in [0.2, 0.25) is 0 Å². The van der Waals surface area contributed by atoms with Crippen molar-refractivity contribution in [1.82, 2.24) is 20.2 Å². The Morgan fingerprint density at radius 3 is 2.12 bits per heavy atom. The first kappa shape index (κ1) is 25.2. The summed E-state index contributed by atoms with van der Waals surface area (Å²) >= 11 is 0. The minimum atomic E-state index is -4.08. The van der Waals surface area contributed by atoms with Crippen molar-refractivity contribution in [3.05, 3.63) is 29.8 Å². The molecule has 1 aromatic carbocycles. The fourth-order valence-electron chi connectivity index (χ4n) is 3.45. The molecule has 0 N–H and O–H groups in total. The summed E-state index contributed by atoms with van der Waals surface area (Å²) in [6.07, 6.45) is -4.25. The number of hydrogen-bond donors (Lipinski definition) is 0. The largest absolute Gasteiger partial charge is 0.463 e. The molecular weight excluding hydrogens is 472 g/mol.